The number of nitrogens with zero attached hydrogens (tertiary/aromatic N) is 1. The van der Waals surface area contributed by atoms with Crippen molar-refractivity contribution in [1.82, 2.24) is 0 Å². The second-order valence-electron chi connectivity index (χ2n) is 3.05. The van der Waals surface area contributed by atoms with Crippen molar-refractivity contribution < 1.29 is 9.66 Å². The number of non-ortho nitro benzene ring substituents is 1. The average molecular weight is 253 g/mol. The Morgan fingerprint density at radius 3 is 2.56 bits per heavy atom. The number of hydrogen-bond acceptors (Lipinski definition) is 5. The molecule has 6 heteroatoms. The van der Waals surface area contributed by atoms with E-state index >= 15 is 0 Å². The lowest BCUT2D eigenvalue weighted by molar-refractivity contribution is -0.384. The SMILES string of the molecule is CC.CCNc1ccc([N+](=O)[O-])cc1C(=N)OC. The number of nitro benzene ring substituents is 1. The molecule has 0 aromatic heterocycles. The minimum Gasteiger partial charge on any atom is -0.481 e. The van der Waals surface area contributed by atoms with Gasteiger partial charge in [-0.3, -0.25) is 15.5 Å². The standard InChI is InChI=1S/C10H13N3O3.C2H6/c1-3-12-9-5-4-7(13(14)15)6-8(9)10(11)16-2;1-2/h4-6,11-12H,3H2,1-2H3;1-2H3. The van der Waals surface area contributed by atoms with Crippen molar-refractivity contribution in [2.45, 2.75) is 20.8 Å². The Kier molecular flexibility index (Phi) is 7.11. The fraction of sp³-hybridized carbons (Fsp3) is 0.417. The quantitative estimate of drug-likeness (QED) is 0.373. The number of hydrogen-bond donors (Lipinski definition) is 2. The van der Waals surface area contributed by atoms with Crippen LogP contribution in [0, 0.1) is 15.5 Å². The Hall–Kier alpha value is -2.11. The number of nitrogens with one attached hydrogen (secondary N) is 2. The van der Waals surface area contributed by atoms with Crippen LogP contribution in [0.1, 0.15) is 26.3 Å². The lowest BCUT2D eigenvalue weighted by atomic mass is 10.1. The maximum absolute atomic E-state index is 10.6. The summed E-state index contributed by atoms with van der Waals surface area (Å²) in [4.78, 5) is 10.1. The van der Waals surface area contributed by atoms with Crippen LogP contribution >= 0.6 is 0 Å². The lowest BCUT2D eigenvalue weighted by Gasteiger charge is -2.10. The number of methoxy groups -OCH3 is 1. The summed E-state index contributed by atoms with van der Waals surface area (Å²) < 4.78 is 4.78. The number of rotatable bonds is 4. The van der Waals surface area contributed by atoms with E-state index in [9.17, 15) is 10.1 Å². The molecule has 0 aliphatic heterocycles. The Morgan fingerprint density at radius 2 is 2.11 bits per heavy atom. The summed E-state index contributed by atoms with van der Waals surface area (Å²) in [5, 5.41) is 21.2. The van der Waals surface area contributed by atoms with Gasteiger partial charge in [0.1, 0.15) is 0 Å². The van der Waals surface area contributed by atoms with Crippen LogP contribution in [0.5, 0.6) is 0 Å². The van der Waals surface area contributed by atoms with Gasteiger partial charge in [-0.2, -0.15) is 0 Å². The molecule has 0 heterocycles. The predicted molar refractivity (Wildman–Crippen MR) is 72.4 cm³/mol. The third kappa shape index (κ3) is 4.04. The van der Waals surface area contributed by atoms with E-state index in [1.165, 1.54) is 19.2 Å². The summed E-state index contributed by atoms with van der Waals surface area (Å²) in [6, 6.07) is 4.29. The highest BCUT2D eigenvalue weighted by atomic mass is 16.6. The molecule has 2 N–H and O–H groups in total. The van der Waals surface area contributed by atoms with Crippen molar-refractivity contribution in [3.8, 4) is 0 Å². The Labute approximate surface area is 107 Å². The van der Waals surface area contributed by atoms with Crippen LogP contribution in [-0.4, -0.2) is 24.5 Å². The van der Waals surface area contributed by atoms with Crippen molar-refractivity contribution >= 4 is 17.3 Å². The zero-order valence-corrected chi connectivity index (χ0v) is 11.1. The van der Waals surface area contributed by atoms with Crippen molar-refractivity contribution in [2.75, 3.05) is 19.0 Å². The van der Waals surface area contributed by atoms with Crippen LogP contribution in [0.15, 0.2) is 18.2 Å². The maximum atomic E-state index is 10.6. The lowest BCUT2D eigenvalue weighted by Crippen LogP contribution is -2.08. The molecule has 6 nitrogen and oxygen atoms in total. The highest BCUT2D eigenvalue weighted by Gasteiger charge is 2.14. The van der Waals surface area contributed by atoms with Crippen LogP contribution in [-0.2, 0) is 4.74 Å². The molecule has 0 unspecified atom stereocenters. The largest absolute Gasteiger partial charge is 0.481 e. The topological polar surface area (TPSA) is 88.3 Å². The van der Waals surface area contributed by atoms with Crippen LogP contribution in [0.25, 0.3) is 0 Å². The van der Waals surface area contributed by atoms with Gasteiger partial charge in [-0.25, -0.2) is 0 Å². The molecule has 0 aliphatic rings. The van der Waals surface area contributed by atoms with Gasteiger partial charge in [0.25, 0.3) is 5.69 Å². The van der Waals surface area contributed by atoms with Gasteiger partial charge in [0.2, 0.25) is 5.90 Å². The molecular formula is C12H19N3O3. The summed E-state index contributed by atoms with van der Waals surface area (Å²) in [5.41, 5.74) is 0.983. The van der Waals surface area contributed by atoms with Gasteiger partial charge in [-0.05, 0) is 13.0 Å². The molecule has 1 rings (SSSR count). The monoisotopic (exact) mass is 253 g/mol. The molecule has 0 bridgehead atoms. The molecule has 18 heavy (non-hydrogen) atoms. The zero-order chi connectivity index (χ0) is 14.1. The summed E-state index contributed by atoms with van der Waals surface area (Å²) in [7, 11) is 1.36. The van der Waals surface area contributed by atoms with E-state index in [0.29, 0.717) is 17.8 Å². The maximum Gasteiger partial charge on any atom is 0.270 e. The summed E-state index contributed by atoms with van der Waals surface area (Å²) >= 11 is 0. The third-order valence-corrected chi connectivity index (χ3v) is 2.03. The van der Waals surface area contributed by atoms with E-state index in [2.05, 4.69) is 5.32 Å². The van der Waals surface area contributed by atoms with Gasteiger partial charge in [-0.1, -0.05) is 13.8 Å². The molecule has 0 saturated carbocycles. The second kappa shape index (κ2) is 8.05. The van der Waals surface area contributed by atoms with E-state index in [0.717, 1.165) is 0 Å². The van der Waals surface area contributed by atoms with Crippen molar-refractivity contribution in [3.63, 3.8) is 0 Å². The number of anilines is 1. The van der Waals surface area contributed by atoms with E-state index < -0.39 is 4.92 Å². The molecule has 1 aromatic carbocycles. The molecule has 0 radical (unpaired) electrons. The van der Waals surface area contributed by atoms with Gasteiger partial charge in [0.15, 0.2) is 0 Å². The molecule has 0 aliphatic carbocycles. The first-order valence-corrected chi connectivity index (χ1v) is 5.75. The van der Waals surface area contributed by atoms with Gasteiger partial charge < -0.3 is 10.1 Å². The van der Waals surface area contributed by atoms with Gasteiger partial charge in [-0.15, -0.1) is 0 Å². The van der Waals surface area contributed by atoms with Crippen molar-refractivity contribution in [1.29, 1.82) is 5.41 Å². The molecule has 100 valence electrons. The first-order valence-electron chi connectivity index (χ1n) is 5.75. The van der Waals surface area contributed by atoms with Crippen LogP contribution in [0.3, 0.4) is 0 Å². The van der Waals surface area contributed by atoms with Gasteiger partial charge in [0.05, 0.1) is 17.6 Å². The molecule has 0 atom stereocenters. The smallest absolute Gasteiger partial charge is 0.270 e. The normalized spacial score (nSPS) is 8.89. The van der Waals surface area contributed by atoms with E-state index in [1.807, 2.05) is 20.8 Å². The first kappa shape index (κ1) is 15.9. The fourth-order valence-corrected chi connectivity index (χ4v) is 1.29. The third-order valence-electron chi connectivity index (χ3n) is 2.03. The van der Waals surface area contributed by atoms with Crippen LogP contribution < -0.4 is 5.32 Å². The van der Waals surface area contributed by atoms with Crippen LogP contribution in [0.4, 0.5) is 11.4 Å². The average Bonchev–Trinajstić information content (AvgIpc) is 2.40. The van der Waals surface area contributed by atoms with E-state index in [1.54, 1.807) is 6.07 Å². The highest BCUT2D eigenvalue weighted by Crippen LogP contribution is 2.22. The predicted octanol–water partition coefficient (Wildman–Crippen LogP) is 3.02. The minimum absolute atomic E-state index is 0.0570. The van der Waals surface area contributed by atoms with E-state index in [-0.39, 0.29) is 11.6 Å². The highest BCUT2D eigenvalue weighted by molar-refractivity contribution is 5.98. The summed E-state index contributed by atoms with van der Waals surface area (Å²) in [6.45, 7) is 6.57. The molecule has 0 saturated heterocycles. The summed E-state index contributed by atoms with van der Waals surface area (Å²) in [5.74, 6) is -0.0975. The molecule has 0 spiro atoms. The zero-order valence-electron chi connectivity index (χ0n) is 11.1. The molecule has 0 fully saturated rings. The molecule has 0 amide bonds. The Morgan fingerprint density at radius 1 is 1.50 bits per heavy atom. The van der Waals surface area contributed by atoms with E-state index in [4.69, 9.17) is 10.1 Å². The second-order valence-corrected chi connectivity index (χ2v) is 3.05. The first-order chi connectivity index (χ1) is 8.60. The fourth-order valence-electron chi connectivity index (χ4n) is 1.29. The summed E-state index contributed by atoms with van der Waals surface area (Å²) in [6.07, 6.45) is 0. The van der Waals surface area contributed by atoms with Crippen molar-refractivity contribution in [2.24, 2.45) is 0 Å². The Balaban J connectivity index is 0.00000137. The van der Waals surface area contributed by atoms with Crippen molar-refractivity contribution in [3.05, 3.63) is 33.9 Å². The minimum atomic E-state index is -0.498. The number of benzene rings is 1. The Bertz CT molecular complexity index is 419. The number of ether oxygens (including phenoxy) is 1. The molecular weight excluding hydrogens is 234 g/mol. The number of nitro groups is 1. The van der Waals surface area contributed by atoms with Gasteiger partial charge >= 0.3 is 0 Å². The molecule has 1 aromatic rings. The van der Waals surface area contributed by atoms with Gasteiger partial charge in [0, 0.05) is 24.4 Å². The van der Waals surface area contributed by atoms with Crippen LogP contribution in [0.2, 0.25) is 0 Å².